The van der Waals surface area contributed by atoms with Gasteiger partial charge in [-0.3, -0.25) is 9.80 Å². The van der Waals surface area contributed by atoms with E-state index in [9.17, 15) is 0 Å². The van der Waals surface area contributed by atoms with E-state index in [4.69, 9.17) is 4.74 Å². The zero-order valence-corrected chi connectivity index (χ0v) is 7.59. The molecule has 0 aliphatic rings. The third-order valence-electron chi connectivity index (χ3n) is 1.51. The third kappa shape index (κ3) is 3.15. The molecule has 0 aliphatic heterocycles. The maximum Gasteiger partial charge on any atom is 0.0853 e. The number of methoxy groups -OCH3 is 1. The molecule has 0 fully saturated rings. The van der Waals surface area contributed by atoms with Crippen LogP contribution in [0.2, 0.25) is 0 Å². The monoisotopic (exact) mass is 146 g/mol. The Morgan fingerprint density at radius 2 is 1.50 bits per heavy atom. The third-order valence-corrected chi connectivity index (χ3v) is 1.51. The normalized spacial score (nSPS) is 12.0. The molecule has 0 N–H and O–H groups in total. The Balaban J connectivity index is 3.73. The first-order chi connectivity index (χ1) is 4.59. The van der Waals surface area contributed by atoms with Gasteiger partial charge >= 0.3 is 0 Å². The van der Waals surface area contributed by atoms with Gasteiger partial charge in [0.25, 0.3) is 0 Å². The fourth-order valence-corrected chi connectivity index (χ4v) is 0.909. The summed E-state index contributed by atoms with van der Waals surface area (Å²) in [4.78, 5) is 4.26. The first-order valence-electron chi connectivity index (χ1n) is 3.41. The minimum Gasteiger partial charge on any atom is -0.382 e. The molecule has 10 heavy (non-hydrogen) atoms. The van der Waals surface area contributed by atoms with Crippen molar-refractivity contribution in [2.45, 2.75) is 6.17 Å². The summed E-state index contributed by atoms with van der Waals surface area (Å²) in [5, 5.41) is 0. The topological polar surface area (TPSA) is 15.7 Å². The highest BCUT2D eigenvalue weighted by atomic mass is 16.5. The van der Waals surface area contributed by atoms with Gasteiger partial charge in [-0.2, -0.15) is 0 Å². The Kier molecular flexibility index (Phi) is 4.60. The van der Waals surface area contributed by atoms with Gasteiger partial charge in [0.2, 0.25) is 0 Å². The Labute approximate surface area is 63.6 Å². The van der Waals surface area contributed by atoms with E-state index in [2.05, 4.69) is 9.80 Å². The van der Waals surface area contributed by atoms with Crippen molar-refractivity contribution >= 4 is 0 Å². The molecule has 62 valence electrons. The zero-order valence-electron chi connectivity index (χ0n) is 7.59. The summed E-state index contributed by atoms with van der Waals surface area (Å²) >= 11 is 0. The fourth-order valence-electron chi connectivity index (χ4n) is 0.909. The van der Waals surface area contributed by atoms with Crippen LogP contribution in [0.3, 0.4) is 0 Å². The lowest BCUT2D eigenvalue weighted by molar-refractivity contribution is 0.0406. The molecule has 0 saturated carbocycles. The highest BCUT2D eigenvalue weighted by Crippen LogP contribution is 1.95. The second-order valence-electron chi connectivity index (χ2n) is 2.86. The summed E-state index contributed by atoms with van der Waals surface area (Å²) in [6, 6.07) is 0. The van der Waals surface area contributed by atoms with E-state index in [0.717, 1.165) is 6.61 Å². The van der Waals surface area contributed by atoms with E-state index in [1.165, 1.54) is 0 Å². The predicted octanol–water partition coefficient (Wildman–Crippen LogP) is 0.0821. The molecule has 0 amide bonds. The smallest absolute Gasteiger partial charge is 0.0853 e. The molecule has 0 unspecified atom stereocenters. The average molecular weight is 146 g/mol. The second-order valence-corrected chi connectivity index (χ2v) is 2.86. The van der Waals surface area contributed by atoms with Gasteiger partial charge in [0.1, 0.15) is 0 Å². The molecule has 0 aliphatic carbocycles. The van der Waals surface area contributed by atoms with Crippen LogP contribution >= 0.6 is 0 Å². The van der Waals surface area contributed by atoms with Crippen LogP contribution < -0.4 is 0 Å². The SMILES string of the molecule is COCC(N(C)C)N(C)C. The summed E-state index contributed by atoms with van der Waals surface area (Å²) in [5.41, 5.74) is 0. The van der Waals surface area contributed by atoms with Crippen LogP contribution in [0.1, 0.15) is 0 Å². The molecule has 0 radical (unpaired) electrons. The molecular formula is C7H18N2O. The van der Waals surface area contributed by atoms with Gasteiger partial charge in [-0.05, 0) is 28.2 Å². The number of hydrogen-bond donors (Lipinski definition) is 0. The highest BCUT2D eigenvalue weighted by Gasteiger charge is 2.11. The van der Waals surface area contributed by atoms with E-state index in [1.54, 1.807) is 7.11 Å². The summed E-state index contributed by atoms with van der Waals surface area (Å²) in [6.45, 7) is 0.750. The lowest BCUT2D eigenvalue weighted by Crippen LogP contribution is -2.43. The quantitative estimate of drug-likeness (QED) is 0.522. The molecule has 0 heterocycles. The largest absolute Gasteiger partial charge is 0.382 e. The summed E-state index contributed by atoms with van der Waals surface area (Å²) < 4.78 is 5.04. The van der Waals surface area contributed by atoms with Gasteiger partial charge in [-0.25, -0.2) is 0 Å². The number of likely N-dealkylation sites (N-methyl/N-ethyl adjacent to an activating group) is 2. The Morgan fingerprint density at radius 1 is 1.10 bits per heavy atom. The van der Waals surface area contributed by atoms with Crippen LogP contribution in [0.4, 0.5) is 0 Å². The van der Waals surface area contributed by atoms with Crippen LogP contribution in [-0.2, 0) is 4.74 Å². The molecule has 0 aromatic rings. The van der Waals surface area contributed by atoms with Crippen molar-refractivity contribution in [3.63, 3.8) is 0 Å². The van der Waals surface area contributed by atoms with E-state index in [-0.39, 0.29) is 0 Å². The van der Waals surface area contributed by atoms with E-state index in [0.29, 0.717) is 6.17 Å². The maximum absolute atomic E-state index is 5.04. The molecule has 0 bridgehead atoms. The van der Waals surface area contributed by atoms with E-state index >= 15 is 0 Å². The van der Waals surface area contributed by atoms with Crippen LogP contribution in [0.25, 0.3) is 0 Å². The van der Waals surface area contributed by atoms with Crippen LogP contribution in [0.5, 0.6) is 0 Å². The summed E-state index contributed by atoms with van der Waals surface area (Å²) in [5.74, 6) is 0. The minimum absolute atomic E-state index is 0.380. The van der Waals surface area contributed by atoms with Gasteiger partial charge in [0, 0.05) is 7.11 Å². The molecule has 0 spiro atoms. The van der Waals surface area contributed by atoms with Gasteiger partial charge in [-0.1, -0.05) is 0 Å². The summed E-state index contributed by atoms with van der Waals surface area (Å²) in [7, 11) is 9.90. The Bertz CT molecular complexity index is 75.7. The fraction of sp³-hybridized carbons (Fsp3) is 1.00. The standard InChI is InChI=1S/C7H18N2O/c1-8(2)7(6-10-5)9(3)4/h7H,6H2,1-5H3. The van der Waals surface area contributed by atoms with Gasteiger partial charge in [0.05, 0.1) is 12.8 Å². The van der Waals surface area contributed by atoms with Crippen molar-refractivity contribution < 1.29 is 4.74 Å². The number of nitrogens with zero attached hydrogens (tertiary/aromatic N) is 2. The Hall–Kier alpha value is -0.120. The van der Waals surface area contributed by atoms with Crippen molar-refractivity contribution in [2.75, 3.05) is 41.9 Å². The molecule has 3 nitrogen and oxygen atoms in total. The molecule has 0 atom stereocenters. The molecule has 0 rings (SSSR count). The molecule has 0 aromatic heterocycles. The lowest BCUT2D eigenvalue weighted by Gasteiger charge is -2.29. The van der Waals surface area contributed by atoms with Crippen molar-refractivity contribution in [2.24, 2.45) is 0 Å². The molecule has 0 saturated heterocycles. The summed E-state index contributed by atoms with van der Waals surface area (Å²) in [6.07, 6.45) is 0.380. The van der Waals surface area contributed by atoms with Gasteiger partial charge in [-0.15, -0.1) is 0 Å². The average Bonchev–Trinajstić information content (AvgIpc) is 1.81. The van der Waals surface area contributed by atoms with Gasteiger partial charge < -0.3 is 4.74 Å². The van der Waals surface area contributed by atoms with Crippen LogP contribution in [0, 0.1) is 0 Å². The Morgan fingerprint density at radius 3 is 1.60 bits per heavy atom. The zero-order chi connectivity index (χ0) is 8.15. The van der Waals surface area contributed by atoms with Crippen molar-refractivity contribution in [3.05, 3.63) is 0 Å². The second kappa shape index (κ2) is 4.66. The minimum atomic E-state index is 0.380. The molecule has 3 heteroatoms. The maximum atomic E-state index is 5.04. The lowest BCUT2D eigenvalue weighted by atomic mass is 10.4. The number of rotatable bonds is 4. The number of hydrogen-bond acceptors (Lipinski definition) is 3. The van der Waals surface area contributed by atoms with Crippen LogP contribution in [0.15, 0.2) is 0 Å². The van der Waals surface area contributed by atoms with Crippen molar-refractivity contribution in [1.29, 1.82) is 0 Å². The highest BCUT2D eigenvalue weighted by molar-refractivity contribution is 4.60. The first-order valence-corrected chi connectivity index (χ1v) is 3.41. The predicted molar refractivity (Wildman–Crippen MR) is 43.0 cm³/mol. The van der Waals surface area contributed by atoms with E-state index in [1.807, 2.05) is 28.2 Å². The number of ether oxygens (including phenoxy) is 1. The van der Waals surface area contributed by atoms with Crippen molar-refractivity contribution in [1.82, 2.24) is 9.80 Å². The molecular weight excluding hydrogens is 128 g/mol. The van der Waals surface area contributed by atoms with Crippen LogP contribution in [-0.4, -0.2) is 57.9 Å². The van der Waals surface area contributed by atoms with Gasteiger partial charge in [0.15, 0.2) is 0 Å². The van der Waals surface area contributed by atoms with E-state index < -0.39 is 0 Å². The first kappa shape index (κ1) is 9.88. The van der Waals surface area contributed by atoms with Crippen molar-refractivity contribution in [3.8, 4) is 0 Å². The molecule has 0 aromatic carbocycles.